The van der Waals surface area contributed by atoms with Crippen LogP contribution in [0.4, 0.5) is 0 Å². The van der Waals surface area contributed by atoms with Gasteiger partial charge in [0.15, 0.2) is 0 Å². The average molecular weight is 363 g/mol. The fraction of sp³-hybridized carbons (Fsp3) is 0.909. The molecular weight excluding hydrogens is 328 g/mol. The van der Waals surface area contributed by atoms with E-state index in [1.807, 2.05) is 0 Å². The molecule has 0 aromatic heterocycles. The quantitative estimate of drug-likeness (QED) is 0.503. The van der Waals surface area contributed by atoms with Gasteiger partial charge in [0.25, 0.3) is 0 Å². The molecule has 26 heavy (non-hydrogen) atoms. The first-order valence-corrected chi connectivity index (χ1v) is 10.9. The van der Waals surface area contributed by atoms with Crippen LogP contribution in [0.15, 0.2) is 0 Å². The number of esters is 2. The standard InChI is InChI=1S/C22H34O4/c1-13-7-15-9-17(13)19(11-15)21(23)25-5-3-4-6-26-22(24)20-12-16-8-14(2)18(20)10-16/h13-20H,3-12H2,1-2H3. The highest BCUT2D eigenvalue weighted by Gasteiger charge is 2.48. The van der Waals surface area contributed by atoms with Crippen molar-refractivity contribution in [2.24, 2.45) is 47.3 Å². The number of hydrogen-bond donors (Lipinski definition) is 0. The van der Waals surface area contributed by atoms with Gasteiger partial charge in [0.1, 0.15) is 0 Å². The SMILES string of the molecule is CC1CC2CC(C(=O)OCCCCOC(=O)C3CC4CC(C)C3C4)C1C2. The zero-order valence-electron chi connectivity index (χ0n) is 16.3. The van der Waals surface area contributed by atoms with E-state index in [4.69, 9.17) is 9.47 Å². The lowest BCUT2D eigenvalue weighted by Gasteiger charge is -2.25. The molecule has 4 saturated carbocycles. The summed E-state index contributed by atoms with van der Waals surface area (Å²) in [6, 6.07) is 0. The number of fused-ring (bicyclic) bond motifs is 4. The lowest BCUT2D eigenvalue weighted by atomic mass is 9.82. The molecule has 4 rings (SSSR count). The minimum Gasteiger partial charge on any atom is -0.465 e. The Morgan fingerprint density at radius 3 is 1.46 bits per heavy atom. The van der Waals surface area contributed by atoms with Gasteiger partial charge >= 0.3 is 11.9 Å². The molecule has 4 fully saturated rings. The van der Waals surface area contributed by atoms with Crippen molar-refractivity contribution < 1.29 is 19.1 Å². The van der Waals surface area contributed by atoms with Crippen molar-refractivity contribution in [1.82, 2.24) is 0 Å². The van der Waals surface area contributed by atoms with E-state index in [1.54, 1.807) is 0 Å². The molecular formula is C22H34O4. The van der Waals surface area contributed by atoms with Gasteiger partial charge in [-0.1, -0.05) is 13.8 Å². The lowest BCUT2D eigenvalue weighted by molar-refractivity contribution is -0.153. The summed E-state index contributed by atoms with van der Waals surface area (Å²) in [4.78, 5) is 24.6. The van der Waals surface area contributed by atoms with Gasteiger partial charge in [-0.05, 0) is 86.9 Å². The number of ether oxygens (including phenoxy) is 2. The molecule has 0 saturated heterocycles. The third kappa shape index (κ3) is 3.53. The predicted octanol–water partition coefficient (Wildman–Crippen LogP) is 4.22. The maximum Gasteiger partial charge on any atom is 0.309 e. The normalized spacial score (nSPS) is 43.0. The van der Waals surface area contributed by atoms with Gasteiger partial charge in [0, 0.05) is 0 Å². The van der Waals surface area contributed by atoms with Crippen molar-refractivity contribution in [2.75, 3.05) is 13.2 Å². The largest absolute Gasteiger partial charge is 0.465 e. The number of carbonyl (C=O) groups excluding carboxylic acids is 2. The Balaban J connectivity index is 1.08. The first-order chi connectivity index (χ1) is 12.5. The fourth-order valence-corrected chi connectivity index (χ4v) is 6.71. The van der Waals surface area contributed by atoms with Crippen molar-refractivity contribution in [1.29, 1.82) is 0 Å². The second-order valence-electron chi connectivity index (χ2n) is 9.68. The first kappa shape index (κ1) is 18.3. The molecule has 4 aliphatic carbocycles. The van der Waals surface area contributed by atoms with Crippen LogP contribution in [0, 0.1) is 47.3 Å². The Labute approximate surface area is 157 Å². The van der Waals surface area contributed by atoms with E-state index in [9.17, 15) is 9.59 Å². The third-order valence-corrected chi connectivity index (χ3v) is 7.92. The van der Waals surface area contributed by atoms with Crippen molar-refractivity contribution in [2.45, 2.75) is 65.2 Å². The number of unbranched alkanes of at least 4 members (excludes halogenated alkanes) is 1. The van der Waals surface area contributed by atoms with Crippen molar-refractivity contribution in [3.63, 3.8) is 0 Å². The van der Waals surface area contributed by atoms with Gasteiger partial charge in [-0.15, -0.1) is 0 Å². The highest BCUT2D eigenvalue weighted by atomic mass is 16.5. The molecule has 0 N–H and O–H groups in total. The second-order valence-corrected chi connectivity index (χ2v) is 9.68. The topological polar surface area (TPSA) is 52.6 Å². The van der Waals surface area contributed by atoms with E-state index in [0.29, 0.717) is 36.9 Å². The minimum absolute atomic E-state index is 0.0111. The molecule has 0 heterocycles. The number of carbonyl (C=O) groups is 2. The maximum atomic E-state index is 12.3. The van der Waals surface area contributed by atoms with Gasteiger partial charge in [0.2, 0.25) is 0 Å². The van der Waals surface area contributed by atoms with Crippen LogP contribution in [-0.2, 0) is 19.1 Å². The zero-order valence-corrected chi connectivity index (χ0v) is 16.3. The van der Waals surface area contributed by atoms with E-state index in [-0.39, 0.29) is 23.8 Å². The molecule has 0 amide bonds. The molecule has 0 radical (unpaired) electrons. The molecule has 4 nitrogen and oxygen atoms in total. The molecule has 4 aliphatic rings. The highest BCUT2D eigenvalue weighted by molar-refractivity contribution is 5.74. The predicted molar refractivity (Wildman–Crippen MR) is 98.1 cm³/mol. The summed E-state index contributed by atoms with van der Waals surface area (Å²) in [5.41, 5.74) is 0. The van der Waals surface area contributed by atoms with Crippen molar-refractivity contribution in [3.05, 3.63) is 0 Å². The molecule has 4 heteroatoms. The van der Waals surface area contributed by atoms with E-state index in [0.717, 1.165) is 37.5 Å². The van der Waals surface area contributed by atoms with Gasteiger partial charge in [-0.2, -0.15) is 0 Å². The van der Waals surface area contributed by atoms with E-state index < -0.39 is 0 Å². The Hall–Kier alpha value is -1.06. The van der Waals surface area contributed by atoms with Gasteiger partial charge in [-0.3, -0.25) is 9.59 Å². The summed E-state index contributed by atoms with van der Waals surface area (Å²) >= 11 is 0. The summed E-state index contributed by atoms with van der Waals surface area (Å²) < 4.78 is 11.0. The zero-order chi connectivity index (χ0) is 18.3. The van der Waals surface area contributed by atoms with Crippen LogP contribution < -0.4 is 0 Å². The lowest BCUT2D eigenvalue weighted by Crippen LogP contribution is -2.28. The minimum atomic E-state index is 0.0111. The summed E-state index contributed by atoms with van der Waals surface area (Å²) in [7, 11) is 0. The molecule has 4 bridgehead atoms. The van der Waals surface area contributed by atoms with E-state index >= 15 is 0 Å². The van der Waals surface area contributed by atoms with Gasteiger partial charge < -0.3 is 9.47 Å². The van der Waals surface area contributed by atoms with Crippen molar-refractivity contribution in [3.8, 4) is 0 Å². The van der Waals surface area contributed by atoms with Crippen LogP contribution in [0.25, 0.3) is 0 Å². The summed E-state index contributed by atoms with van der Waals surface area (Å²) in [5, 5.41) is 0. The van der Waals surface area contributed by atoms with E-state index in [1.165, 1.54) is 25.7 Å². The number of rotatable bonds is 7. The second kappa shape index (κ2) is 7.52. The first-order valence-electron chi connectivity index (χ1n) is 10.9. The molecule has 0 aromatic rings. The average Bonchev–Trinajstić information content (AvgIpc) is 3.36. The fourth-order valence-electron chi connectivity index (χ4n) is 6.71. The molecule has 8 atom stereocenters. The van der Waals surface area contributed by atoms with Crippen LogP contribution in [0.2, 0.25) is 0 Å². The highest BCUT2D eigenvalue weighted by Crippen LogP contribution is 2.52. The third-order valence-electron chi connectivity index (χ3n) is 7.92. The Bertz CT molecular complexity index is 496. The number of hydrogen-bond acceptors (Lipinski definition) is 4. The Morgan fingerprint density at radius 2 is 1.12 bits per heavy atom. The Kier molecular flexibility index (Phi) is 5.29. The molecule has 0 spiro atoms. The monoisotopic (exact) mass is 362 g/mol. The summed E-state index contributed by atoms with van der Waals surface area (Å²) in [6.07, 6.45) is 8.66. The van der Waals surface area contributed by atoms with Gasteiger partial charge in [0.05, 0.1) is 25.0 Å². The van der Waals surface area contributed by atoms with Crippen LogP contribution in [0.1, 0.15) is 65.2 Å². The molecule has 0 aromatic carbocycles. The van der Waals surface area contributed by atoms with Crippen LogP contribution in [-0.4, -0.2) is 25.2 Å². The van der Waals surface area contributed by atoms with Crippen molar-refractivity contribution >= 4 is 11.9 Å². The Morgan fingerprint density at radius 1 is 0.692 bits per heavy atom. The van der Waals surface area contributed by atoms with Crippen LogP contribution in [0.3, 0.4) is 0 Å². The summed E-state index contributed by atoms with van der Waals surface area (Å²) in [6.45, 7) is 5.47. The smallest absolute Gasteiger partial charge is 0.309 e. The molecule has 146 valence electrons. The molecule has 0 aliphatic heterocycles. The van der Waals surface area contributed by atoms with Gasteiger partial charge in [-0.25, -0.2) is 0 Å². The van der Waals surface area contributed by atoms with Crippen LogP contribution >= 0.6 is 0 Å². The van der Waals surface area contributed by atoms with Crippen LogP contribution in [0.5, 0.6) is 0 Å². The molecule has 8 unspecified atom stereocenters. The summed E-state index contributed by atoms with van der Waals surface area (Å²) in [5.74, 6) is 4.27. The maximum absolute atomic E-state index is 12.3. The van der Waals surface area contributed by atoms with E-state index in [2.05, 4.69) is 13.8 Å².